The van der Waals surface area contributed by atoms with Gasteiger partial charge < -0.3 is 10.6 Å². The average Bonchev–Trinajstić information content (AvgIpc) is 2.40. The second-order valence-electron chi connectivity index (χ2n) is 5.13. The number of carbonyl (C=O) groups excluding carboxylic acids is 1. The molecule has 18 heavy (non-hydrogen) atoms. The molecule has 1 aromatic heterocycles. The van der Waals surface area contributed by atoms with Crippen molar-refractivity contribution in [3.63, 3.8) is 0 Å². The molecule has 2 unspecified atom stereocenters. The molecule has 0 spiro atoms. The molecule has 2 rings (SSSR count). The van der Waals surface area contributed by atoms with Crippen molar-refractivity contribution in [3.05, 3.63) is 30.1 Å². The highest BCUT2D eigenvalue weighted by atomic mass is 16.2. The Balaban J connectivity index is 1.93. The molecule has 1 aromatic rings. The van der Waals surface area contributed by atoms with Crippen LogP contribution in [-0.4, -0.2) is 35.4 Å². The molecular formula is C14H21N3O. The van der Waals surface area contributed by atoms with Gasteiger partial charge in [0, 0.05) is 25.5 Å². The van der Waals surface area contributed by atoms with Crippen molar-refractivity contribution in [1.29, 1.82) is 0 Å². The minimum atomic E-state index is 0.201. The Morgan fingerprint density at radius 2 is 2.22 bits per heavy atom. The second kappa shape index (κ2) is 5.96. The van der Waals surface area contributed by atoms with Crippen LogP contribution in [0.3, 0.4) is 0 Å². The van der Waals surface area contributed by atoms with E-state index in [1.54, 1.807) is 12.4 Å². The number of hydrogen-bond acceptors (Lipinski definition) is 3. The van der Waals surface area contributed by atoms with E-state index >= 15 is 0 Å². The molecule has 0 aliphatic carbocycles. The lowest BCUT2D eigenvalue weighted by atomic mass is 9.87. The number of pyridine rings is 1. The minimum Gasteiger partial charge on any atom is -0.342 e. The molecule has 2 heterocycles. The summed E-state index contributed by atoms with van der Waals surface area (Å²) in [5, 5.41) is 0. The van der Waals surface area contributed by atoms with Gasteiger partial charge in [-0.05, 0) is 42.5 Å². The van der Waals surface area contributed by atoms with Gasteiger partial charge in [-0.25, -0.2) is 0 Å². The molecule has 1 saturated heterocycles. The zero-order valence-corrected chi connectivity index (χ0v) is 10.9. The Morgan fingerprint density at radius 1 is 1.50 bits per heavy atom. The van der Waals surface area contributed by atoms with Crippen molar-refractivity contribution in [2.75, 3.05) is 19.6 Å². The minimum absolute atomic E-state index is 0.201. The first-order valence-electron chi connectivity index (χ1n) is 6.57. The van der Waals surface area contributed by atoms with Gasteiger partial charge in [0.05, 0.1) is 6.42 Å². The number of likely N-dealkylation sites (tertiary alicyclic amines) is 1. The van der Waals surface area contributed by atoms with Crippen LogP contribution in [0, 0.1) is 11.8 Å². The number of nitrogens with two attached hydrogens (primary N) is 1. The molecule has 1 aliphatic rings. The smallest absolute Gasteiger partial charge is 0.227 e. The van der Waals surface area contributed by atoms with E-state index in [-0.39, 0.29) is 5.91 Å². The number of carbonyl (C=O) groups is 1. The molecule has 2 atom stereocenters. The monoisotopic (exact) mass is 247 g/mol. The first-order chi connectivity index (χ1) is 8.70. The summed E-state index contributed by atoms with van der Waals surface area (Å²) in [7, 11) is 0. The third-order valence-corrected chi connectivity index (χ3v) is 3.87. The van der Waals surface area contributed by atoms with Crippen molar-refractivity contribution in [3.8, 4) is 0 Å². The number of piperidine rings is 1. The van der Waals surface area contributed by atoms with Gasteiger partial charge in [0.15, 0.2) is 0 Å². The number of hydrogen-bond donors (Lipinski definition) is 1. The highest BCUT2D eigenvalue weighted by molar-refractivity contribution is 5.78. The number of aromatic nitrogens is 1. The van der Waals surface area contributed by atoms with Gasteiger partial charge in [-0.3, -0.25) is 9.78 Å². The third kappa shape index (κ3) is 3.07. The first-order valence-corrected chi connectivity index (χ1v) is 6.57. The molecule has 0 radical (unpaired) electrons. The van der Waals surface area contributed by atoms with Crippen molar-refractivity contribution < 1.29 is 4.79 Å². The molecule has 0 saturated carbocycles. The standard InChI is InChI=1S/C14H21N3O/c1-11-4-7-17(10-13(11)9-15)14(18)8-12-2-5-16-6-3-12/h2-3,5-6,11,13H,4,7-10,15H2,1H3. The second-order valence-corrected chi connectivity index (χ2v) is 5.13. The van der Waals surface area contributed by atoms with Crippen molar-refractivity contribution in [2.24, 2.45) is 17.6 Å². The summed E-state index contributed by atoms with van der Waals surface area (Å²) >= 11 is 0. The van der Waals surface area contributed by atoms with E-state index < -0.39 is 0 Å². The largest absolute Gasteiger partial charge is 0.342 e. The van der Waals surface area contributed by atoms with Crippen LogP contribution in [0.15, 0.2) is 24.5 Å². The predicted octanol–water partition coefficient (Wildman–Crippen LogP) is 1.07. The van der Waals surface area contributed by atoms with E-state index in [1.165, 1.54) is 0 Å². The fraction of sp³-hybridized carbons (Fsp3) is 0.571. The maximum Gasteiger partial charge on any atom is 0.227 e. The molecule has 0 bridgehead atoms. The molecule has 1 aliphatic heterocycles. The molecule has 2 N–H and O–H groups in total. The summed E-state index contributed by atoms with van der Waals surface area (Å²) in [4.78, 5) is 18.1. The lowest BCUT2D eigenvalue weighted by molar-refractivity contribution is -0.132. The molecule has 1 amide bonds. The van der Waals surface area contributed by atoms with Crippen LogP contribution in [-0.2, 0) is 11.2 Å². The Kier molecular flexibility index (Phi) is 4.31. The zero-order chi connectivity index (χ0) is 13.0. The van der Waals surface area contributed by atoms with E-state index in [4.69, 9.17) is 5.73 Å². The van der Waals surface area contributed by atoms with Crippen LogP contribution < -0.4 is 5.73 Å². The van der Waals surface area contributed by atoms with Gasteiger partial charge in [0.2, 0.25) is 5.91 Å². The Labute approximate surface area is 108 Å². The highest BCUT2D eigenvalue weighted by Gasteiger charge is 2.27. The van der Waals surface area contributed by atoms with Crippen LogP contribution in [0.2, 0.25) is 0 Å². The summed E-state index contributed by atoms with van der Waals surface area (Å²) < 4.78 is 0. The Morgan fingerprint density at radius 3 is 2.89 bits per heavy atom. The van der Waals surface area contributed by atoms with Crippen LogP contribution in [0.4, 0.5) is 0 Å². The summed E-state index contributed by atoms with van der Waals surface area (Å²) in [5.74, 6) is 1.27. The van der Waals surface area contributed by atoms with Gasteiger partial charge >= 0.3 is 0 Å². The van der Waals surface area contributed by atoms with Crippen molar-refractivity contribution >= 4 is 5.91 Å². The fourth-order valence-corrected chi connectivity index (χ4v) is 2.47. The van der Waals surface area contributed by atoms with Crippen LogP contribution in [0.1, 0.15) is 18.9 Å². The Bertz CT molecular complexity index is 393. The fourth-order valence-electron chi connectivity index (χ4n) is 2.47. The summed E-state index contributed by atoms with van der Waals surface area (Å²) in [6.45, 7) is 4.56. The van der Waals surface area contributed by atoms with Gasteiger partial charge in [0.25, 0.3) is 0 Å². The molecule has 98 valence electrons. The number of nitrogens with zero attached hydrogens (tertiary/aromatic N) is 2. The third-order valence-electron chi connectivity index (χ3n) is 3.87. The molecule has 4 heteroatoms. The van der Waals surface area contributed by atoms with E-state index in [0.717, 1.165) is 25.1 Å². The summed E-state index contributed by atoms with van der Waals surface area (Å²) in [6, 6.07) is 3.79. The quantitative estimate of drug-likeness (QED) is 0.869. The zero-order valence-electron chi connectivity index (χ0n) is 10.9. The van der Waals surface area contributed by atoms with Gasteiger partial charge in [-0.1, -0.05) is 6.92 Å². The highest BCUT2D eigenvalue weighted by Crippen LogP contribution is 2.22. The topological polar surface area (TPSA) is 59.2 Å². The maximum atomic E-state index is 12.2. The molecular weight excluding hydrogens is 226 g/mol. The van der Waals surface area contributed by atoms with Crippen molar-refractivity contribution in [1.82, 2.24) is 9.88 Å². The van der Waals surface area contributed by atoms with E-state index in [1.807, 2.05) is 17.0 Å². The average molecular weight is 247 g/mol. The molecule has 0 aromatic carbocycles. The van der Waals surface area contributed by atoms with Crippen molar-refractivity contribution in [2.45, 2.75) is 19.8 Å². The number of rotatable bonds is 3. The van der Waals surface area contributed by atoms with E-state index in [0.29, 0.717) is 24.8 Å². The van der Waals surface area contributed by atoms with Gasteiger partial charge in [-0.15, -0.1) is 0 Å². The van der Waals surface area contributed by atoms with E-state index in [2.05, 4.69) is 11.9 Å². The van der Waals surface area contributed by atoms with Gasteiger partial charge in [0.1, 0.15) is 0 Å². The Hall–Kier alpha value is -1.42. The predicted molar refractivity (Wildman–Crippen MR) is 70.8 cm³/mol. The first kappa shape index (κ1) is 13.0. The lowest BCUT2D eigenvalue weighted by Crippen LogP contribution is -2.46. The number of amides is 1. The summed E-state index contributed by atoms with van der Waals surface area (Å²) in [6.07, 6.45) is 4.98. The SMILES string of the molecule is CC1CCN(C(=O)Cc2ccncc2)CC1CN. The van der Waals surface area contributed by atoms with E-state index in [9.17, 15) is 4.79 Å². The molecule has 1 fully saturated rings. The normalized spacial score (nSPS) is 24.0. The van der Waals surface area contributed by atoms with Crippen LogP contribution >= 0.6 is 0 Å². The van der Waals surface area contributed by atoms with Gasteiger partial charge in [-0.2, -0.15) is 0 Å². The lowest BCUT2D eigenvalue weighted by Gasteiger charge is -2.36. The molecule has 4 nitrogen and oxygen atoms in total. The summed E-state index contributed by atoms with van der Waals surface area (Å²) in [5.41, 5.74) is 6.79. The maximum absolute atomic E-state index is 12.2. The van der Waals surface area contributed by atoms with Crippen LogP contribution in [0.25, 0.3) is 0 Å². The van der Waals surface area contributed by atoms with Crippen LogP contribution in [0.5, 0.6) is 0 Å².